The number of carbonyl (C=O) groups excluding carboxylic acids is 1. The summed E-state index contributed by atoms with van der Waals surface area (Å²) in [6.45, 7) is 0.979. The number of fused-ring (bicyclic) bond motifs is 2. The maximum absolute atomic E-state index is 13.7. The Balaban J connectivity index is 1.77. The largest absolute Gasteiger partial charge is 0.346 e. The van der Waals surface area contributed by atoms with Crippen LogP contribution < -0.4 is 10.6 Å². The van der Waals surface area contributed by atoms with Crippen molar-refractivity contribution >= 4 is 28.1 Å². The van der Waals surface area contributed by atoms with Gasteiger partial charge >= 0.3 is 6.03 Å². The second kappa shape index (κ2) is 6.43. The molecule has 4 aromatic rings. The summed E-state index contributed by atoms with van der Waals surface area (Å²) in [6, 6.07) is 1.21. The second-order valence-electron chi connectivity index (χ2n) is 5.75. The van der Waals surface area contributed by atoms with Crippen LogP contribution in [-0.2, 0) is 6.54 Å². The van der Waals surface area contributed by atoms with E-state index in [9.17, 15) is 9.18 Å². The fourth-order valence-electron chi connectivity index (χ4n) is 2.99. The molecule has 4 aromatic heterocycles. The van der Waals surface area contributed by atoms with Crippen molar-refractivity contribution in [2.75, 3.05) is 13.6 Å². The van der Waals surface area contributed by atoms with Gasteiger partial charge in [0.1, 0.15) is 23.4 Å². The van der Waals surface area contributed by atoms with Crippen LogP contribution in [0.15, 0.2) is 37.2 Å². The van der Waals surface area contributed by atoms with Crippen molar-refractivity contribution in [3.63, 3.8) is 0 Å². The molecule has 4 rings (SSSR count). The van der Waals surface area contributed by atoms with Crippen LogP contribution in [0.5, 0.6) is 0 Å². The molecule has 0 saturated carbocycles. The molecule has 0 radical (unpaired) electrons. The highest BCUT2D eigenvalue weighted by Gasteiger charge is 2.16. The molecule has 0 fully saturated rings. The first-order valence-electron chi connectivity index (χ1n) is 8.05. The molecule has 0 saturated heterocycles. The summed E-state index contributed by atoms with van der Waals surface area (Å²) in [4.78, 5) is 26.9. The molecular formula is C17H16FN7O. The lowest BCUT2D eigenvalue weighted by molar-refractivity contribution is 0.242. The fraction of sp³-hybridized carbons (Fsp3) is 0.176. The third-order valence-corrected chi connectivity index (χ3v) is 4.19. The minimum absolute atomic E-state index is 0.241. The van der Waals surface area contributed by atoms with Crippen molar-refractivity contribution in [2.45, 2.75) is 6.54 Å². The molecule has 132 valence electrons. The average molecular weight is 353 g/mol. The van der Waals surface area contributed by atoms with Crippen LogP contribution in [0.3, 0.4) is 0 Å². The highest BCUT2D eigenvalue weighted by atomic mass is 19.1. The lowest BCUT2D eigenvalue weighted by Crippen LogP contribution is -2.34. The molecule has 26 heavy (non-hydrogen) atoms. The fourth-order valence-corrected chi connectivity index (χ4v) is 2.99. The standard InChI is InChI=1S/C17H16FN7O/c1-19-17(26)21-2-3-25-8-14(13-6-20-9-24-16(13)25)12-7-23-15-11(12)4-10(18)5-22-15/h4-9H,2-3H2,1H3,(H,22,23)(H2,19,21,26). The Kier molecular flexibility index (Phi) is 3.96. The number of hydrogen-bond donors (Lipinski definition) is 3. The van der Waals surface area contributed by atoms with Gasteiger partial charge in [0.2, 0.25) is 0 Å². The maximum atomic E-state index is 13.7. The average Bonchev–Trinajstić information content (AvgIpc) is 3.22. The summed E-state index contributed by atoms with van der Waals surface area (Å²) in [5.41, 5.74) is 3.05. The topological polar surface area (TPSA) is 101 Å². The van der Waals surface area contributed by atoms with E-state index in [2.05, 4.69) is 30.6 Å². The number of rotatable bonds is 4. The molecular weight excluding hydrogens is 337 g/mol. The Morgan fingerprint density at radius 3 is 3.00 bits per heavy atom. The summed E-state index contributed by atoms with van der Waals surface area (Å²) >= 11 is 0. The van der Waals surface area contributed by atoms with Crippen LogP contribution in [0.2, 0.25) is 0 Å². The van der Waals surface area contributed by atoms with Gasteiger partial charge in [0.15, 0.2) is 0 Å². The van der Waals surface area contributed by atoms with E-state index in [1.807, 2.05) is 10.8 Å². The van der Waals surface area contributed by atoms with Gasteiger partial charge in [0.25, 0.3) is 0 Å². The first-order valence-corrected chi connectivity index (χ1v) is 8.05. The van der Waals surface area contributed by atoms with Crippen molar-refractivity contribution in [3.8, 4) is 11.1 Å². The van der Waals surface area contributed by atoms with Gasteiger partial charge in [-0.2, -0.15) is 0 Å². The van der Waals surface area contributed by atoms with E-state index in [1.165, 1.54) is 18.6 Å². The van der Waals surface area contributed by atoms with Crippen LogP contribution in [0.1, 0.15) is 0 Å². The number of H-pyrrole nitrogens is 1. The molecule has 0 aromatic carbocycles. The van der Waals surface area contributed by atoms with E-state index in [4.69, 9.17) is 0 Å². The summed E-state index contributed by atoms with van der Waals surface area (Å²) < 4.78 is 15.6. The first-order chi connectivity index (χ1) is 12.7. The number of carbonyl (C=O) groups is 1. The lowest BCUT2D eigenvalue weighted by Gasteiger charge is -2.06. The predicted octanol–water partition coefficient (Wildman–Crippen LogP) is 2.04. The SMILES string of the molecule is CNC(=O)NCCn1cc(-c2c[nH]c3ncc(F)cc23)c2cncnc21. The number of aromatic nitrogens is 5. The van der Waals surface area contributed by atoms with E-state index in [0.717, 1.165) is 22.2 Å². The molecule has 9 heteroatoms. The van der Waals surface area contributed by atoms with Crippen LogP contribution in [0, 0.1) is 5.82 Å². The molecule has 0 unspecified atom stereocenters. The molecule has 8 nitrogen and oxygen atoms in total. The van der Waals surface area contributed by atoms with Crippen molar-refractivity contribution < 1.29 is 9.18 Å². The Hall–Kier alpha value is -3.49. The minimum atomic E-state index is -0.395. The van der Waals surface area contributed by atoms with E-state index in [1.54, 1.807) is 19.4 Å². The normalized spacial score (nSPS) is 11.2. The van der Waals surface area contributed by atoms with Gasteiger partial charge < -0.3 is 20.2 Å². The van der Waals surface area contributed by atoms with Crippen molar-refractivity contribution in [1.29, 1.82) is 0 Å². The van der Waals surface area contributed by atoms with E-state index >= 15 is 0 Å². The summed E-state index contributed by atoms with van der Waals surface area (Å²) in [7, 11) is 1.57. The minimum Gasteiger partial charge on any atom is -0.346 e. The second-order valence-corrected chi connectivity index (χ2v) is 5.75. The molecule has 3 N–H and O–H groups in total. The number of urea groups is 1. The molecule has 0 aliphatic carbocycles. The van der Waals surface area contributed by atoms with E-state index in [0.29, 0.717) is 24.1 Å². The quantitative estimate of drug-likeness (QED) is 0.523. The monoisotopic (exact) mass is 353 g/mol. The predicted molar refractivity (Wildman–Crippen MR) is 95.0 cm³/mol. The van der Waals surface area contributed by atoms with Crippen LogP contribution in [0.25, 0.3) is 33.2 Å². The zero-order chi connectivity index (χ0) is 18.1. The van der Waals surface area contributed by atoms with Crippen LogP contribution in [0.4, 0.5) is 9.18 Å². The number of nitrogens with zero attached hydrogens (tertiary/aromatic N) is 4. The number of pyridine rings is 1. The van der Waals surface area contributed by atoms with Gasteiger partial charge in [0.05, 0.1) is 6.20 Å². The summed E-state index contributed by atoms with van der Waals surface area (Å²) in [6.07, 6.45) is 8.11. The van der Waals surface area contributed by atoms with Gasteiger partial charge in [-0.05, 0) is 6.07 Å². The van der Waals surface area contributed by atoms with Gasteiger partial charge in [-0.3, -0.25) is 0 Å². The van der Waals surface area contributed by atoms with E-state index < -0.39 is 5.82 Å². The zero-order valence-corrected chi connectivity index (χ0v) is 14.0. The third-order valence-electron chi connectivity index (χ3n) is 4.19. The first kappa shape index (κ1) is 16.0. The molecule has 0 spiro atoms. The van der Waals surface area contributed by atoms with Crippen molar-refractivity contribution in [1.82, 2.24) is 35.1 Å². The number of hydrogen-bond acceptors (Lipinski definition) is 4. The van der Waals surface area contributed by atoms with Gasteiger partial charge in [0, 0.05) is 60.6 Å². The van der Waals surface area contributed by atoms with Crippen LogP contribution in [-0.4, -0.2) is 44.1 Å². The molecule has 0 atom stereocenters. The molecule has 4 heterocycles. The Morgan fingerprint density at radius 1 is 1.27 bits per heavy atom. The number of amides is 2. The Bertz CT molecular complexity index is 1100. The van der Waals surface area contributed by atoms with Crippen molar-refractivity contribution in [3.05, 3.63) is 43.0 Å². The Morgan fingerprint density at radius 2 is 2.15 bits per heavy atom. The van der Waals surface area contributed by atoms with Crippen molar-refractivity contribution in [2.24, 2.45) is 0 Å². The van der Waals surface area contributed by atoms with Gasteiger partial charge in [-0.1, -0.05) is 0 Å². The summed E-state index contributed by atoms with van der Waals surface area (Å²) in [5.74, 6) is -0.395. The van der Waals surface area contributed by atoms with Gasteiger partial charge in [-0.25, -0.2) is 24.1 Å². The lowest BCUT2D eigenvalue weighted by atomic mass is 10.1. The maximum Gasteiger partial charge on any atom is 0.314 e. The third kappa shape index (κ3) is 2.73. The molecule has 2 amide bonds. The van der Waals surface area contributed by atoms with Crippen LogP contribution >= 0.6 is 0 Å². The zero-order valence-electron chi connectivity index (χ0n) is 14.0. The summed E-state index contributed by atoms with van der Waals surface area (Å²) in [5, 5.41) is 6.79. The highest BCUT2D eigenvalue weighted by Crippen LogP contribution is 2.34. The molecule has 0 aliphatic heterocycles. The van der Waals surface area contributed by atoms with Gasteiger partial charge in [-0.15, -0.1) is 0 Å². The molecule has 0 bridgehead atoms. The number of nitrogens with one attached hydrogen (secondary N) is 3. The number of aromatic amines is 1. The molecule has 0 aliphatic rings. The van der Waals surface area contributed by atoms with E-state index in [-0.39, 0.29) is 6.03 Å². The number of halogens is 1. The smallest absolute Gasteiger partial charge is 0.314 e. The Labute approximate surface area is 147 Å². The highest BCUT2D eigenvalue weighted by molar-refractivity contribution is 6.02.